The van der Waals surface area contributed by atoms with Crippen molar-refractivity contribution in [3.05, 3.63) is 57.9 Å². The molecule has 2 N–H and O–H groups in total. The third kappa shape index (κ3) is 3.75. The Morgan fingerprint density at radius 3 is 2.62 bits per heavy atom. The van der Waals surface area contributed by atoms with E-state index >= 15 is 0 Å². The molecule has 3 rings (SSSR count). The standard InChI is InChI=1S/C16H12N4O5S/c1-24-13-7-9(6-11-15(21)19-16(26)18-11)2-4-12(13)25-14-5-3-10(8-17-14)20(22)23/h2-8H,1H3,(H2,18,19,21,26)/b11-6+. The Bertz CT molecular complexity index is 927. The molecule has 1 aromatic carbocycles. The van der Waals surface area contributed by atoms with Crippen molar-refractivity contribution in [2.24, 2.45) is 0 Å². The molecule has 26 heavy (non-hydrogen) atoms. The van der Waals surface area contributed by atoms with Crippen LogP contribution in [0.2, 0.25) is 0 Å². The van der Waals surface area contributed by atoms with E-state index in [4.69, 9.17) is 21.7 Å². The molecule has 0 aliphatic carbocycles. The van der Waals surface area contributed by atoms with Gasteiger partial charge in [-0.05, 0) is 36.0 Å². The van der Waals surface area contributed by atoms with E-state index in [-0.39, 0.29) is 22.6 Å². The Labute approximate surface area is 152 Å². The highest BCUT2D eigenvalue weighted by atomic mass is 32.1. The molecule has 1 aromatic heterocycles. The van der Waals surface area contributed by atoms with Gasteiger partial charge < -0.3 is 14.8 Å². The third-order valence-corrected chi connectivity index (χ3v) is 3.57. The van der Waals surface area contributed by atoms with Crippen LogP contribution in [0.3, 0.4) is 0 Å². The average Bonchev–Trinajstić information content (AvgIpc) is 2.93. The number of nitro groups is 1. The Kier molecular flexibility index (Phi) is 4.76. The first-order valence-electron chi connectivity index (χ1n) is 7.26. The summed E-state index contributed by atoms with van der Waals surface area (Å²) in [5, 5.41) is 16.1. The molecular formula is C16H12N4O5S. The second-order valence-electron chi connectivity index (χ2n) is 5.09. The van der Waals surface area contributed by atoms with Crippen LogP contribution in [-0.2, 0) is 4.79 Å². The minimum absolute atomic E-state index is 0.133. The largest absolute Gasteiger partial charge is 0.493 e. The fourth-order valence-corrected chi connectivity index (χ4v) is 2.36. The highest BCUT2D eigenvalue weighted by molar-refractivity contribution is 7.80. The van der Waals surface area contributed by atoms with Crippen molar-refractivity contribution in [1.29, 1.82) is 0 Å². The van der Waals surface area contributed by atoms with E-state index in [0.717, 1.165) is 6.20 Å². The molecule has 0 spiro atoms. The van der Waals surface area contributed by atoms with Crippen molar-refractivity contribution in [2.75, 3.05) is 7.11 Å². The normalized spacial score (nSPS) is 14.7. The summed E-state index contributed by atoms with van der Waals surface area (Å²) >= 11 is 4.88. The van der Waals surface area contributed by atoms with Crippen LogP contribution in [0.1, 0.15) is 5.56 Å². The van der Waals surface area contributed by atoms with E-state index in [9.17, 15) is 14.9 Å². The molecule has 2 aromatic rings. The number of hydrogen-bond donors (Lipinski definition) is 2. The molecule has 0 radical (unpaired) electrons. The lowest BCUT2D eigenvalue weighted by molar-refractivity contribution is -0.385. The first kappa shape index (κ1) is 17.3. The summed E-state index contributed by atoms with van der Waals surface area (Å²) in [5.41, 5.74) is 0.877. The van der Waals surface area contributed by atoms with Crippen molar-refractivity contribution in [3.63, 3.8) is 0 Å². The van der Waals surface area contributed by atoms with Gasteiger partial charge in [0, 0.05) is 12.1 Å². The monoisotopic (exact) mass is 372 g/mol. The van der Waals surface area contributed by atoms with E-state index < -0.39 is 4.92 Å². The van der Waals surface area contributed by atoms with E-state index in [1.54, 1.807) is 24.3 Å². The SMILES string of the molecule is COc1cc(/C=C2/NC(=S)NC2=O)ccc1Oc1ccc([N+](=O)[O-])cn1. The van der Waals surface area contributed by atoms with Crippen molar-refractivity contribution in [2.45, 2.75) is 0 Å². The number of pyridine rings is 1. The number of nitrogens with zero attached hydrogens (tertiary/aromatic N) is 2. The Hall–Kier alpha value is -3.53. The highest BCUT2D eigenvalue weighted by Crippen LogP contribution is 2.32. The molecule has 9 nitrogen and oxygen atoms in total. The number of benzene rings is 1. The fourth-order valence-electron chi connectivity index (χ4n) is 2.16. The van der Waals surface area contributed by atoms with Crippen LogP contribution < -0.4 is 20.1 Å². The number of rotatable bonds is 5. The second kappa shape index (κ2) is 7.15. The van der Waals surface area contributed by atoms with Crippen LogP contribution in [0.4, 0.5) is 5.69 Å². The van der Waals surface area contributed by atoms with E-state index in [2.05, 4.69) is 15.6 Å². The zero-order valence-electron chi connectivity index (χ0n) is 13.4. The van der Waals surface area contributed by atoms with Gasteiger partial charge in [-0.1, -0.05) is 6.07 Å². The summed E-state index contributed by atoms with van der Waals surface area (Å²) in [4.78, 5) is 25.7. The van der Waals surface area contributed by atoms with Crippen LogP contribution in [0.15, 0.2) is 42.2 Å². The topological polar surface area (TPSA) is 116 Å². The highest BCUT2D eigenvalue weighted by Gasteiger charge is 2.20. The van der Waals surface area contributed by atoms with Crippen molar-refractivity contribution in [3.8, 4) is 17.4 Å². The third-order valence-electron chi connectivity index (χ3n) is 3.36. The van der Waals surface area contributed by atoms with Crippen molar-refractivity contribution >= 4 is 35.0 Å². The zero-order valence-corrected chi connectivity index (χ0v) is 14.2. The van der Waals surface area contributed by atoms with Crippen LogP contribution in [0.25, 0.3) is 6.08 Å². The van der Waals surface area contributed by atoms with Gasteiger partial charge in [0.05, 0.1) is 12.0 Å². The number of nitrogens with one attached hydrogen (secondary N) is 2. The van der Waals surface area contributed by atoms with Crippen molar-refractivity contribution in [1.82, 2.24) is 15.6 Å². The molecule has 132 valence electrons. The van der Waals surface area contributed by atoms with Gasteiger partial charge in [-0.15, -0.1) is 0 Å². The lowest BCUT2D eigenvalue weighted by Crippen LogP contribution is -2.21. The van der Waals surface area contributed by atoms with E-state index in [1.165, 1.54) is 19.2 Å². The molecule has 1 aliphatic heterocycles. The molecule has 0 saturated carbocycles. The maximum absolute atomic E-state index is 11.7. The Morgan fingerprint density at radius 1 is 1.23 bits per heavy atom. The van der Waals surface area contributed by atoms with Gasteiger partial charge in [0.2, 0.25) is 5.88 Å². The fraction of sp³-hybridized carbons (Fsp3) is 0.0625. The molecule has 2 heterocycles. The predicted molar refractivity (Wildman–Crippen MR) is 95.8 cm³/mol. The van der Waals surface area contributed by atoms with E-state index in [0.29, 0.717) is 22.8 Å². The lowest BCUT2D eigenvalue weighted by atomic mass is 10.1. The molecule has 1 saturated heterocycles. The second-order valence-corrected chi connectivity index (χ2v) is 5.50. The zero-order chi connectivity index (χ0) is 18.7. The van der Waals surface area contributed by atoms with Gasteiger partial charge in [-0.2, -0.15) is 0 Å². The van der Waals surface area contributed by atoms with Gasteiger partial charge in [0.15, 0.2) is 16.6 Å². The number of carbonyl (C=O) groups excluding carboxylic acids is 1. The smallest absolute Gasteiger partial charge is 0.287 e. The molecule has 10 heteroatoms. The van der Waals surface area contributed by atoms with Gasteiger partial charge in [-0.3, -0.25) is 20.2 Å². The molecule has 1 aliphatic rings. The van der Waals surface area contributed by atoms with Crippen LogP contribution in [0.5, 0.6) is 17.4 Å². The number of thiocarbonyl (C=S) groups is 1. The molecule has 1 amide bonds. The van der Waals surface area contributed by atoms with Crippen LogP contribution in [-0.4, -0.2) is 28.0 Å². The quantitative estimate of drug-likeness (QED) is 0.355. The van der Waals surface area contributed by atoms with Gasteiger partial charge in [-0.25, -0.2) is 4.98 Å². The summed E-state index contributed by atoms with van der Waals surface area (Å²) in [5.74, 6) is 0.641. The first-order chi connectivity index (χ1) is 12.5. The minimum Gasteiger partial charge on any atom is -0.493 e. The van der Waals surface area contributed by atoms with Crippen LogP contribution >= 0.6 is 12.2 Å². The number of ether oxygens (including phenoxy) is 2. The maximum atomic E-state index is 11.7. The minimum atomic E-state index is -0.543. The summed E-state index contributed by atoms with van der Waals surface area (Å²) < 4.78 is 10.9. The number of carbonyl (C=O) groups is 1. The molecular weight excluding hydrogens is 360 g/mol. The molecule has 0 unspecified atom stereocenters. The maximum Gasteiger partial charge on any atom is 0.287 e. The Morgan fingerprint density at radius 2 is 2.04 bits per heavy atom. The van der Waals surface area contributed by atoms with Crippen molar-refractivity contribution < 1.29 is 19.2 Å². The summed E-state index contributed by atoms with van der Waals surface area (Å²) in [6, 6.07) is 7.71. The van der Waals surface area contributed by atoms with Gasteiger partial charge >= 0.3 is 0 Å². The Balaban J connectivity index is 1.83. The molecule has 0 bridgehead atoms. The van der Waals surface area contributed by atoms with E-state index in [1.807, 2.05) is 0 Å². The molecule has 0 atom stereocenters. The number of amides is 1. The summed E-state index contributed by atoms with van der Waals surface area (Å²) in [6.07, 6.45) is 2.72. The lowest BCUT2D eigenvalue weighted by Gasteiger charge is -2.10. The summed E-state index contributed by atoms with van der Waals surface area (Å²) in [7, 11) is 1.47. The average molecular weight is 372 g/mol. The first-order valence-corrected chi connectivity index (χ1v) is 7.67. The number of hydrogen-bond acceptors (Lipinski definition) is 7. The van der Waals surface area contributed by atoms with Gasteiger partial charge in [0.25, 0.3) is 11.6 Å². The number of methoxy groups -OCH3 is 1. The molecule has 1 fully saturated rings. The van der Waals surface area contributed by atoms with Gasteiger partial charge in [0.1, 0.15) is 11.9 Å². The summed E-state index contributed by atoms with van der Waals surface area (Å²) in [6.45, 7) is 0. The van der Waals surface area contributed by atoms with Crippen LogP contribution in [0, 0.1) is 10.1 Å². The number of aromatic nitrogens is 1. The predicted octanol–water partition coefficient (Wildman–Crippen LogP) is 2.14.